The molecule has 3 heterocycles. The van der Waals surface area contributed by atoms with E-state index in [0.717, 1.165) is 49.2 Å². The van der Waals surface area contributed by atoms with E-state index in [1.54, 1.807) is 12.4 Å². The van der Waals surface area contributed by atoms with Crippen molar-refractivity contribution in [3.05, 3.63) is 96.3 Å². The van der Waals surface area contributed by atoms with Crippen LogP contribution in [0.3, 0.4) is 0 Å². The third-order valence-corrected chi connectivity index (χ3v) is 9.99. The molecule has 1 aliphatic rings. The van der Waals surface area contributed by atoms with Gasteiger partial charge in [0.25, 0.3) is 5.91 Å². The van der Waals surface area contributed by atoms with E-state index < -0.39 is 34.8 Å². The number of halogens is 3. The molecule has 0 saturated carbocycles. The molecule has 0 bridgehead atoms. The molecule has 1 aliphatic heterocycles. The number of carbonyl (C=O) groups excluding carboxylic acids is 2. The SMILES string of the molecule is CC(c1ccnc2cc(N(C)C)ccc12)C1(C(C)c2ccnc3cc(N(C)C)ccc23)NC(=O)N(c2ccc(SC(F)(F)F)cc2)C1=O. The van der Waals surface area contributed by atoms with Gasteiger partial charge >= 0.3 is 11.5 Å². The minimum atomic E-state index is -4.47. The number of amides is 3. The van der Waals surface area contributed by atoms with Gasteiger partial charge in [0.05, 0.1) is 16.7 Å². The Hall–Kier alpha value is -4.84. The van der Waals surface area contributed by atoms with Gasteiger partial charge < -0.3 is 15.1 Å². The Balaban J connectivity index is 1.52. The number of fused-ring (bicyclic) bond motifs is 2. The fourth-order valence-electron chi connectivity index (χ4n) is 6.68. The third kappa shape index (κ3) is 5.78. The van der Waals surface area contributed by atoms with Gasteiger partial charge in [0.1, 0.15) is 5.54 Å². The van der Waals surface area contributed by atoms with Gasteiger partial charge in [-0.2, -0.15) is 13.2 Å². The van der Waals surface area contributed by atoms with Crippen molar-refractivity contribution in [2.75, 3.05) is 42.9 Å². The molecule has 3 aromatic carbocycles. The van der Waals surface area contributed by atoms with E-state index in [-0.39, 0.29) is 22.3 Å². The maximum Gasteiger partial charge on any atom is 0.446 e. The largest absolute Gasteiger partial charge is 0.446 e. The van der Waals surface area contributed by atoms with Crippen LogP contribution in [0.15, 0.2) is 90.1 Å². The summed E-state index contributed by atoms with van der Waals surface area (Å²) in [7, 11) is 7.78. The molecule has 2 aromatic heterocycles. The van der Waals surface area contributed by atoms with Crippen LogP contribution in [0, 0.1) is 0 Å². The molecule has 0 spiro atoms. The number of benzene rings is 3. The Morgan fingerprint density at radius 1 is 0.750 bits per heavy atom. The molecule has 0 radical (unpaired) electrons. The average molecular weight is 673 g/mol. The van der Waals surface area contributed by atoms with Gasteiger partial charge in [-0.25, -0.2) is 9.69 Å². The molecule has 8 nitrogen and oxygen atoms in total. The summed E-state index contributed by atoms with van der Waals surface area (Å²) in [5.41, 5.74) is -0.746. The summed E-state index contributed by atoms with van der Waals surface area (Å²) in [4.78, 5) is 43.0. The highest BCUT2D eigenvalue weighted by molar-refractivity contribution is 8.00. The van der Waals surface area contributed by atoms with Crippen molar-refractivity contribution in [1.82, 2.24) is 15.3 Å². The fraction of sp³-hybridized carbons (Fsp3) is 0.278. The Kier molecular flexibility index (Phi) is 8.49. The second-order valence-electron chi connectivity index (χ2n) is 12.4. The number of imide groups is 1. The lowest BCUT2D eigenvalue weighted by atomic mass is 9.68. The van der Waals surface area contributed by atoms with Crippen molar-refractivity contribution in [3.8, 4) is 0 Å². The first-order valence-corrected chi connectivity index (χ1v) is 16.2. The van der Waals surface area contributed by atoms with Crippen LogP contribution >= 0.6 is 11.8 Å². The molecular formula is C36H35F3N6O2S. The number of alkyl halides is 3. The van der Waals surface area contributed by atoms with E-state index in [1.165, 1.54) is 24.3 Å². The van der Waals surface area contributed by atoms with Crippen LogP contribution in [0.5, 0.6) is 0 Å². The molecule has 3 amide bonds. The monoisotopic (exact) mass is 672 g/mol. The fourth-order valence-corrected chi connectivity index (χ4v) is 7.22. The molecule has 1 fully saturated rings. The molecule has 2 atom stereocenters. The van der Waals surface area contributed by atoms with Crippen LogP contribution in [0.2, 0.25) is 0 Å². The topological polar surface area (TPSA) is 81.7 Å². The normalized spacial score (nSPS) is 17.9. The maximum absolute atomic E-state index is 15.0. The molecule has 5 aromatic rings. The van der Waals surface area contributed by atoms with Crippen molar-refractivity contribution in [1.29, 1.82) is 0 Å². The first-order chi connectivity index (χ1) is 22.7. The lowest BCUT2D eigenvalue weighted by Crippen LogP contribution is -2.55. The Morgan fingerprint density at radius 2 is 1.23 bits per heavy atom. The minimum absolute atomic E-state index is 0.0491. The van der Waals surface area contributed by atoms with Gasteiger partial charge in [-0.3, -0.25) is 14.8 Å². The summed E-state index contributed by atoms with van der Waals surface area (Å²) in [6.07, 6.45) is 3.40. The second kappa shape index (κ2) is 12.3. The second-order valence-corrected chi connectivity index (χ2v) is 13.6. The summed E-state index contributed by atoms with van der Waals surface area (Å²) >= 11 is -0.257. The average Bonchev–Trinajstić information content (AvgIpc) is 3.32. The number of carbonyl (C=O) groups is 2. The smallest absolute Gasteiger partial charge is 0.378 e. The summed E-state index contributed by atoms with van der Waals surface area (Å²) in [6, 6.07) is 20.2. The quantitative estimate of drug-likeness (QED) is 0.132. The zero-order chi connectivity index (χ0) is 34.5. The number of nitrogens with zero attached hydrogens (tertiary/aromatic N) is 5. The van der Waals surface area contributed by atoms with Gasteiger partial charge in [-0.1, -0.05) is 26.0 Å². The molecule has 248 valence electrons. The van der Waals surface area contributed by atoms with Crippen LogP contribution in [0.25, 0.3) is 21.8 Å². The highest BCUT2D eigenvalue weighted by Crippen LogP contribution is 2.48. The van der Waals surface area contributed by atoms with E-state index in [0.29, 0.717) is 0 Å². The third-order valence-electron chi connectivity index (χ3n) is 9.25. The van der Waals surface area contributed by atoms with Gasteiger partial charge in [-0.15, -0.1) is 0 Å². The molecule has 6 rings (SSSR count). The molecule has 2 unspecified atom stereocenters. The van der Waals surface area contributed by atoms with Gasteiger partial charge in [-0.05, 0) is 83.6 Å². The standard InChI is InChI=1S/C36H35F3N6O2S/c1-21(27-15-17-40-31-19-24(43(3)4)9-13-29(27)31)35(22(2)28-16-18-41-32-20-25(44(5)6)10-14-30(28)32)33(46)45(34(47)42-35)23-7-11-26(12-8-23)48-36(37,38)39/h7-22H,1-6H3,(H,42,47). The predicted molar refractivity (Wildman–Crippen MR) is 186 cm³/mol. The van der Waals surface area contributed by atoms with Crippen LogP contribution in [-0.2, 0) is 4.79 Å². The number of hydrogen-bond acceptors (Lipinski definition) is 7. The van der Waals surface area contributed by atoms with E-state index in [4.69, 9.17) is 0 Å². The summed E-state index contributed by atoms with van der Waals surface area (Å²) in [5.74, 6) is -1.66. The van der Waals surface area contributed by atoms with Crippen molar-refractivity contribution in [2.45, 2.75) is 41.6 Å². The van der Waals surface area contributed by atoms with Crippen molar-refractivity contribution in [2.24, 2.45) is 0 Å². The van der Waals surface area contributed by atoms with E-state index in [9.17, 15) is 22.8 Å². The van der Waals surface area contributed by atoms with Crippen LogP contribution < -0.4 is 20.0 Å². The van der Waals surface area contributed by atoms with E-state index in [2.05, 4.69) is 15.3 Å². The zero-order valence-electron chi connectivity index (χ0n) is 27.3. The number of anilines is 3. The molecular weight excluding hydrogens is 637 g/mol. The first kappa shape index (κ1) is 33.1. The van der Waals surface area contributed by atoms with Crippen molar-refractivity contribution < 1.29 is 22.8 Å². The zero-order valence-corrected chi connectivity index (χ0v) is 28.1. The lowest BCUT2D eigenvalue weighted by Gasteiger charge is -2.39. The summed E-state index contributed by atoms with van der Waals surface area (Å²) in [5, 5.41) is 4.78. The highest BCUT2D eigenvalue weighted by atomic mass is 32.2. The first-order valence-electron chi connectivity index (χ1n) is 15.4. The predicted octanol–water partition coefficient (Wildman–Crippen LogP) is 7.93. The highest BCUT2D eigenvalue weighted by Gasteiger charge is 2.59. The van der Waals surface area contributed by atoms with E-state index in [1.807, 2.05) is 100 Å². The van der Waals surface area contributed by atoms with Gasteiger partial charge in [0.2, 0.25) is 0 Å². The van der Waals surface area contributed by atoms with Crippen LogP contribution in [0.4, 0.5) is 35.0 Å². The van der Waals surface area contributed by atoms with Gasteiger partial charge in [0.15, 0.2) is 0 Å². The summed E-state index contributed by atoms with van der Waals surface area (Å²) in [6.45, 7) is 3.84. The number of thioether (sulfide) groups is 1. The number of aromatic nitrogens is 2. The molecule has 1 saturated heterocycles. The summed E-state index contributed by atoms with van der Waals surface area (Å²) < 4.78 is 39.1. The molecule has 1 N–H and O–H groups in total. The Bertz CT molecular complexity index is 1940. The molecule has 12 heteroatoms. The lowest BCUT2D eigenvalue weighted by molar-refractivity contribution is -0.123. The Labute approximate surface area is 280 Å². The van der Waals surface area contributed by atoms with Gasteiger partial charge in [0, 0.05) is 79.5 Å². The molecule has 48 heavy (non-hydrogen) atoms. The van der Waals surface area contributed by atoms with Crippen molar-refractivity contribution in [3.63, 3.8) is 0 Å². The number of hydrogen-bond donors (Lipinski definition) is 1. The van der Waals surface area contributed by atoms with E-state index >= 15 is 0 Å². The minimum Gasteiger partial charge on any atom is -0.378 e. The number of urea groups is 1. The number of rotatable bonds is 8. The van der Waals surface area contributed by atoms with Crippen LogP contribution in [-0.4, -0.2) is 61.1 Å². The molecule has 0 aliphatic carbocycles. The number of pyridine rings is 2. The maximum atomic E-state index is 15.0. The number of nitrogens with one attached hydrogen (secondary N) is 1. The Morgan fingerprint density at radius 3 is 1.67 bits per heavy atom. The van der Waals surface area contributed by atoms with Crippen LogP contribution in [0.1, 0.15) is 36.8 Å². The van der Waals surface area contributed by atoms with Crippen molar-refractivity contribution >= 4 is 62.6 Å².